The number of carbonyl (C=O) groups is 2. The van der Waals surface area contributed by atoms with Crippen LogP contribution in [0.2, 0.25) is 0 Å². The Bertz CT molecular complexity index is 1400. The molecule has 0 spiro atoms. The molecule has 2 amide bonds. The van der Waals surface area contributed by atoms with Crippen LogP contribution in [0, 0.1) is 11.8 Å². The van der Waals surface area contributed by atoms with Crippen molar-refractivity contribution in [1.82, 2.24) is 10.6 Å². The fraction of sp³-hybridized carbons (Fsp3) is 0.235. The number of benzene rings is 4. The molecule has 0 saturated heterocycles. The van der Waals surface area contributed by atoms with E-state index in [1.807, 2.05) is 48.6 Å². The summed E-state index contributed by atoms with van der Waals surface area (Å²) in [6.07, 6.45) is 8.48. The maximum absolute atomic E-state index is 13.0. The van der Waals surface area contributed by atoms with Crippen molar-refractivity contribution in [2.75, 3.05) is 0 Å². The van der Waals surface area contributed by atoms with Gasteiger partial charge in [0.05, 0.1) is 12.1 Å². The van der Waals surface area contributed by atoms with Gasteiger partial charge in [-0.15, -0.1) is 0 Å². The first-order chi connectivity index (χ1) is 18.5. The Morgan fingerprint density at radius 3 is 1.37 bits per heavy atom. The predicted molar refractivity (Wildman–Crippen MR) is 156 cm³/mol. The first-order valence-electron chi connectivity index (χ1n) is 13.4. The predicted octanol–water partition coefficient (Wildman–Crippen LogP) is 7.19. The average molecular weight is 503 g/mol. The average Bonchev–Trinajstić information content (AvgIpc) is 2.93. The zero-order valence-corrected chi connectivity index (χ0v) is 21.9. The van der Waals surface area contributed by atoms with Crippen LogP contribution in [0.1, 0.15) is 49.9 Å². The summed E-state index contributed by atoms with van der Waals surface area (Å²) in [4.78, 5) is 26.1. The van der Waals surface area contributed by atoms with Crippen LogP contribution < -0.4 is 10.6 Å². The van der Waals surface area contributed by atoms with E-state index < -0.39 is 0 Å². The number of hydrogen-bond acceptors (Lipinski definition) is 2. The Kier molecular flexibility index (Phi) is 7.69. The Labute approximate surface area is 224 Å². The fourth-order valence-corrected chi connectivity index (χ4v) is 5.31. The lowest BCUT2D eigenvalue weighted by Gasteiger charge is -2.26. The molecule has 4 nitrogen and oxygen atoms in total. The molecule has 0 saturated carbocycles. The second-order valence-electron chi connectivity index (χ2n) is 10.3. The lowest BCUT2D eigenvalue weighted by molar-refractivity contribution is -0.122. The summed E-state index contributed by atoms with van der Waals surface area (Å²) < 4.78 is 0. The van der Waals surface area contributed by atoms with Crippen LogP contribution in [0.4, 0.5) is 0 Å². The Morgan fingerprint density at radius 2 is 0.947 bits per heavy atom. The molecule has 1 aliphatic rings. The molecule has 0 radical (unpaired) electrons. The van der Waals surface area contributed by atoms with Gasteiger partial charge < -0.3 is 10.6 Å². The molecule has 0 bridgehead atoms. The summed E-state index contributed by atoms with van der Waals surface area (Å²) in [6, 6.07) is 28.7. The molecule has 1 aliphatic heterocycles. The fourth-order valence-electron chi connectivity index (χ4n) is 5.31. The maximum Gasteiger partial charge on any atom is 0.224 e. The molecule has 2 N–H and O–H groups in total. The number of fused-ring (bicyclic) bond motifs is 2. The van der Waals surface area contributed by atoms with Crippen LogP contribution in [0.25, 0.3) is 21.5 Å². The first kappa shape index (κ1) is 25.5. The molecule has 4 aromatic carbocycles. The van der Waals surface area contributed by atoms with Crippen LogP contribution >= 0.6 is 0 Å². The number of nitrogens with one attached hydrogen (secondary N) is 2. The van der Waals surface area contributed by atoms with E-state index in [2.05, 4.69) is 85.1 Å². The van der Waals surface area contributed by atoms with Crippen molar-refractivity contribution in [1.29, 1.82) is 0 Å². The van der Waals surface area contributed by atoms with E-state index in [-0.39, 0.29) is 48.6 Å². The molecule has 192 valence electrons. The van der Waals surface area contributed by atoms with Gasteiger partial charge in [0.1, 0.15) is 0 Å². The van der Waals surface area contributed by atoms with Crippen molar-refractivity contribution in [2.24, 2.45) is 11.8 Å². The number of rotatable bonds is 2. The quantitative estimate of drug-likeness (QED) is 0.285. The topological polar surface area (TPSA) is 58.2 Å². The Hall–Kier alpha value is -4.18. The van der Waals surface area contributed by atoms with E-state index >= 15 is 0 Å². The molecule has 0 aromatic heterocycles. The molecule has 38 heavy (non-hydrogen) atoms. The lowest BCUT2D eigenvalue weighted by Crippen LogP contribution is -2.33. The van der Waals surface area contributed by atoms with Gasteiger partial charge in [0.2, 0.25) is 11.8 Å². The van der Waals surface area contributed by atoms with Gasteiger partial charge in [0, 0.05) is 12.8 Å². The minimum atomic E-state index is -0.189. The van der Waals surface area contributed by atoms with Gasteiger partial charge in [-0.25, -0.2) is 0 Å². The highest BCUT2D eigenvalue weighted by Crippen LogP contribution is 2.29. The van der Waals surface area contributed by atoms with Crippen LogP contribution in [0.3, 0.4) is 0 Å². The van der Waals surface area contributed by atoms with Crippen LogP contribution in [-0.2, 0) is 9.59 Å². The van der Waals surface area contributed by atoms with Crippen LogP contribution in [-0.4, -0.2) is 11.8 Å². The zero-order valence-electron chi connectivity index (χ0n) is 21.9. The summed E-state index contributed by atoms with van der Waals surface area (Å²) in [5.74, 6) is -0.0181. The largest absolute Gasteiger partial charge is 0.348 e. The highest BCUT2D eigenvalue weighted by atomic mass is 16.2. The summed E-state index contributed by atoms with van der Waals surface area (Å²) in [6.45, 7) is 4.16. The van der Waals surface area contributed by atoms with E-state index in [4.69, 9.17) is 0 Å². The van der Waals surface area contributed by atoms with Gasteiger partial charge in [-0.2, -0.15) is 0 Å². The van der Waals surface area contributed by atoms with Gasteiger partial charge in [-0.1, -0.05) is 111 Å². The van der Waals surface area contributed by atoms with Gasteiger partial charge >= 0.3 is 0 Å². The molecular formula is C34H34N2O2. The van der Waals surface area contributed by atoms with Crippen molar-refractivity contribution < 1.29 is 9.59 Å². The monoisotopic (exact) mass is 502 g/mol. The highest BCUT2D eigenvalue weighted by Gasteiger charge is 2.22. The lowest BCUT2D eigenvalue weighted by atomic mass is 9.91. The third kappa shape index (κ3) is 5.86. The van der Waals surface area contributed by atoms with E-state index in [1.165, 1.54) is 10.8 Å². The van der Waals surface area contributed by atoms with E-state index in [0.717, 1.165) is 21.9 Å². The second kappa shape index (κ2) is 11.5. The summed E-state index contributed by atoms with van der Waals surface area (Å²) >= 11 is 0. The first-order valence-corrected chi connectivity index (χ1v) is 13.4. The molecule has 0 aliphatic carbocycles. The van der Waals surface area contributed by atoms with Crippen molar-refractivity contribution in [2.45, 2.75) is 38.8 Å². The van der Waals surface area contributed by atoms with Crippen LogP contribution in [0.15, 0.2) is 109 Å². The van der Waals surface area contributed by atoms with Gasteiger partial charge in [-0.05, 0) is 56.6 Å². The Morgan fingerprint density at radius 1 is 0.553 bits per heavy atom. The normalized spacial score (nSPS) is 23.1. The standard InChI is InChI=1S/C34H34N2O2/c1-23-9-7-15-32(38)36-34(30-20-18-26-12-4-6-14-28(26)22-30)24(2)10-8-16-31(37)35-33(23)29-19-17-25-11-3-5-13-27(25)21-29/h3-14,17-24,33-34H,15-16H2,1-2H3,(H,35,37)(H,36,38)/t23-,24-,33-,34+/m1/s1. The highest BCUT2D eigenvalue weighted by molar-refractivity contribution is 5.85. The third-order valence-electron chi connectivity index (χ3n) is 7.44. The minimum absolute atomic E-state index is 0.00930. The number of amides is 2. The minimum Gasteiger partial charge on any atom is -0.348 e. The Balaban J connectivity index is 1.41. The molecule has 1 heterocycles. The van der Waals surface area contributed by atoms with Gasteiger partial charge in [0.15, 0.2) is 0 Å². The van der Waals surface area contributed by atoms with E-state index in [1.54, 1.807) is 0 Å². The molecule has 4 atom stereocenters. The van der Waals surface area contributed by atoms with Crippen molar-refractivity contribution >= 4 is 33.4 Å². The smallest absolute Gasteiger partial charge is 0.224 e. The molecule has 0 unspecified atom stereocenters. The van der Waals surface area contributed by atoms with Crippen molar-refractivity contribution in [3.63, 3.8) is 0 Å². The van der Waals surface area contributed by atoms with Gasteiger partial charge in [0.25, 0.3) is 0 Å². The molecule has 4 aromatic rings. The van der Waals surface area contributed by atoms with Crippen LogP contribution in [0.5, 0.6) is 0 Å². The molecule has 5 rings (SSSR count). The van der Waals surface area contributed by atoms with E-state index in [9.17, 15) is 9.59 Å². The number of carbonyl (C=O) groups excluding carboxylic acids is 2. The SMILES string of the molecule is C[C@@H]1C=CCC(=O)N[C@@H](c2ccc3ccccc3c2)[C@H](C)C=CCC(=O)N[C@@H]1c1ccc2ccccc2c1. The summed E-state index contributed by atoms with van der Waals surface area (Å²) in [5, 5.41) is 11.1. The van der Waals surface area contributed by atoms with Gasteiger partial charge in [-0.3, -0.25) is 9.59 Å². The maximum atomic E-state index is 13.0. The van der Waals surface area contributed by atoms with E-state index in [0.29, 0.717) is 0 Å². The third-order valence-corrected chi connectivity index (χ3v) is 7.44. The zero-order chi connectivity index (χ0) is 26.5. The number of hydrogen-bond donors (Lipinski definition) is 2. The van der Waals surface area contributed by atoms with Crippen molar-refractivity contribution in [3.8, 4) is 0 Å². The summed E-state index contributed by atoms with van der Waals surface area (Å²) in [5.41, 5.74) is 2.11. The molecular weight excluding hydrogens is 468 g/mol. The van der Waals surface area contributed by atoms with Crippen molar-refractivity contribution in [3.05, 3.63) is 120 Å². The molecule has 4 heteroatoms. The molecule has 0 fully saturated rings. The second-order valence-corrected chi connectivity index (χ2v) is 10.3. The summed E-state index contributed by atoms with van der Waals surface area (Å²) in [7, 11) is 0.